The number of halogens is 1. The molecule has 110 valence electrons. The first kappa shape index (κ1) is 16.7. The average Bonchev–Trinajstić information content (AvgIpc) is 2.29. The number of rotatable bonds is 4. The lowest BCUT2D eigenvalue weighted by Gasteiger charge is -2.26. The molecule has 0 aliphatic heterocycles. The second-order valence-electron chi connectivity index (χ2n) is 6.02. The molecule has 1 unspecified atom stereocenters. The molecule has 0 heterocycles. The number of hydrogen-bond acceptors (Lipinski definition) is 2. The predicted octanol–water partition coefficient (Wildman–Crippen LogP) is 4.16. The van der Waals surface area contributed by atoms with Crippen LogP contribution in [0.1, 0.15) is 44.5 Å². The maximum Gasteiger partial charge on any atom is 0.336 e. The third kappa shape index (κ3) is 4.63. The summed E-state index contributed by atoms with van der Waals surface area (Å²) in [6, 6.07) is 4.74. The van der Waals surface area contributed by atoms with Crippen molar-refractivity contribution in [1.29, 1.82) is 0 Å². The Morgan fingerprint density at radius 3 is 2.45 bits per heavy atom. The highest BCUT2D eigenvalue weighted by atomic mass is 79.9. The number of hydrogen-bond donors (Lipinski definition) is 2. The van der Waals surface area contributed by atoms with E-state index in [1.807, 2.05) is 6.92 Å². The highest BCUT2D eigenvalue weighted by molar-refractivity contribution is 9.10. The molecule has 1 aromatic rings. The molecule has 5 heteroatoms. The van der Waals surface area contributed by atoms with Gasteiger partial charge in [-0.3, -0.25) is 4.79 Å². The van der Waals surface area contributed by atoms with Gasteiger partial charge in [-0.1, -0.05) is 27.7 Å². The summed E-state index contributed by atoms with van der Waals surface area (Å²) in [5.74, 6) is -0.904. The summed E-state index contributed by atoms with van der Waals surface area (Å²) in [5.41, 5.74) is 0.687. The van der Waals surface area contributed by atoms with Gasteiger partial charge >= 0.3 is 5.97 Å². The molecular weight excluding hydrogens is 322 g/mol. The van der Waals surface area contributed by atoms with Crippen molar-refractivity contribution in [3.05, 3.63) is 28.2 Å². The minimum Gasteiger partial charge on any atom is -0.478 e. The van der Waals surface area contributed by atoms with Crippen molar-refractivity contribution in [1.82, 2.24) is 0 Å². The Morgan fingerprint density at radius 2 is 1.95 bits per heavy atom. The van der Waals surface area contributed by atoms with Crippen LogP contribution in [0.5, 0.6) is 0 Å². The van der Waals surface area contributed by atoms with E-state index >= 15 is 0 Å². The zero-order valence-corrected chi connectivity index (χ0v) is 13.7. The zero-order chi connectivity index (χ0) is 15.5. The topological polar surface area (TPSA) is 66.4 Å². The number of carbonyl (C=O) groups excluding carboxylic acids is 1. The molecule has 0 spiro atoms. The summed E-state index contributed by atoms with van der Waals surface area (Å²) in [7, 11) is 0. The Morgan fingerprint density at radius 1 is 1.35 bits per heavy atom. The normalized spacial score (nSPS) is 12.8. The van der Waals surface area contributed by atoms with Crippen LogP contribution in [-0.2, 0) is 4.79 Å². The first-order valence-electron chi connectivity index (χ1n) is 6.44. The third-order valence-corrected chi connectivity index (χ3v) is 4.14. The standard InChI is InChI=1S/C15H20BrNO3/c1-9(15(2,3)4)7-13(18)17-10-5-6-12(16)11(8-10)14(19)20/h5-6,8-9H,7H2,1-4H3,(H,17,18)(H,19,20). The van der Waals surface area contributed by atoms with Crippen LogP contribution >= 0.6 is 15.9 Å². The van der Waals surface area contributed by atoms with E-state index in [1.165, 1.54) is 6.07 Å². The molecular formula is C15H20BrNO3. The lowest BCUT2D eigenvalue weighted by molar-refractivity contribution is -0.117. The molecule has 4 nitrogen and oxygen atoms in total. The maximum absolute atomic E-state index is 12.0. The van der Waals surface area contributed by atoms with Crippen molar-refractivity contribution >= 4 is 33.5 Å². The monoisotopic (exact) mass is 341 g/mol. The Hall–Kier alpha value is -1.36. The molecule has 0 saturated heterocycles. The first-order valence-corrected chi connectivity index (χ1v) is 7.23. The van der Waals surface area contributed by atoms with Crippen LogP contribution in [0.2, 0.25) is 0 Å². The number of carbonyl (C=O) groups is 2. The summed E-state index contributed by atoms with van der Waals surface area (Å²) in [6.07, 6.45) is 0.405. The number of carboxylic acid groups (broad SMARTS) is 1. The van der Waals surface area contributed by atoms with Crippen molar-refractivity contribution < 1.29 is 14.7 Å². The first-order chi connectivity index (χ1) is 9.11. The smallest absolute Gasteiger partial charge is 0.336 e. The highest BCUT2D eigenvalue weighted by Crippen LogP contribution is 2.28. The Bertz CT molecular complexity index is 520. The number of aromatic carboxylic acids is 1. The number of anilines is 1. The molecule has 0 bridgehead atoms. The molecule has 0 fully saturated rings. The number of benzene rings is 1. The van der Waals surface area contributed by atoms with Crippen molar-refractivity contribution in [3.63, 3.8) is 0 Å². The second kappa shape index (κ2) is 6.39. The molecule has 1 amide bonds. The molecule has 0 radical (unpaired) electrons. The Balaban J connectivity index is 2.77. The minimum atomic E-state index is -1.03. The quantitative estimate of drug-likeness (QED) is 0.863. The van der Waals surface area contributed by atoms with Crippen molar-refractivity contribution in [3.8, 4) is 0 Å². The van der Waals surface area contributed by atoms with Gasteiger partial charge in [-0.05, 0) is 45.5 Å². The molecule has 1 rings (SSSR count). The largest absolute Gasteiger partial charge is 0.478 e. The van der Waals surface area contributed by atoms with Gasteiger partial charge in [0.1, 0.15) is 0 Å². The van der Waals surface area contributed by atoms with Gasteiger partial charge in [-0.15, -0.1) is 0 Å². The van der Waals surface area contributed by atoms with Gasteiger partial charge in [0.05, 0.1) is 5.56 Å². The fraction of sp³-hybridized carbons (Fsp3) is 0.467. The number of amides is 1. The van der Waals surface area contributed by atoms with E-state index in [9.17, 15) is 9.59 Å². The van der Waals surface area contributed by atoms with Crippen LogP contribution in [0.15, 0.2) is 22.7 Å². The summed E-state index contributed by atoms with van der Waals surface area (Å²) in [6.45, 7) is 8.30. The van der Waals surface area contributed by atoms with E-state index < -0.39 is 5.97 Å². The van der Waals surface area contributed by atoms with Gasteiger partial charge in [-0.25, -0.2) is 4.79 Å². The van der Waals surface area contributed by atoms with Crippen LogP contribution < -0.4 is 5.32 Å². The molecule has 0 aliphatic carbocycles. The van der Waals surface area contributed by atoms with Gasteiger partial charge in [0, 0.05) is 16.6 Å². The van der Waals surface area contributed by atoms with Gasteiger partial charge in [0.2, 0.25) is 5.91 Å². The predicted molar refractivity (Wildman–Crippen MR) is 83.0 cm³/mol. The summed E-state index contributed by atoms with van der Waals surface area (Å²) < 4.78 is 0.492. The van der Waals surface area contributed by atoms with Crippen LogP contribution in [0.25, 0.3) is 0 Å². The van der Waals surface area contributed by atoms with Crippen molar-refractivity contribution in [2.24, 2.45) is 11.3 Å². The third-order valence-electron chi connectivity index (χ3n) is 3.45. The zero-order valence-electron chi connectivity index (χ0n) is 12.2. The minimum absolute atomic E-state index is 0.0588. The van der Waals surface area contributed by atoms with Gasteiger partial charge in [0.25, 0.3) is 0 Å². The van der Waals surface area contributed by atoms with E-state index in [4.69, 9.17) is 5.11 Å². The Labute approximate surface area is 127 Å². The lowest BCUT2D eigenvalue weighted by Crippen LogP contribution is -2.24. The average molecular weight is 342 g/mol. The Kier molecular flexibility index (Phi) is 5.34. The van der Waals surface area contributed by atoms with Crippen LogP contribution in [-0.4, -0.2) is 17.0 Å². The molecule has 0 aliphatic rings. The van der Waals surface area contributed by atoms with E-state index in [1.54, 1.807) is 12.1 Å². The number of nitrogens with one attached hydrogen (secondary N) is 1. The molecule has 1 aromatic carbocycles. The highest BCUT2D eigenvalue weighted by Gasteiger charge is 2.22. The van der Waals surface area contributed by atoms with E-state index in [-0.39, 0.29) is 22.8 Å². The summed E-state index contributed by atoms with van der Waals surface area (Å²) in [4.78, 5) is 23.0. The lowest BCUT2D eigenvalue weighted by atomic mass is 9.80. The van der Waals surface area contributed by atoms with Crippen LogP contribution in [0, 0.1) is 11.3 Å². The fourth-order valence-corrected chi connectivity index (χ4v) is 1.98. The second-order valence-corrected chi connectivity index (χ2v) is 6.87. The molecule has 2 N–H and O–H groups in total. The molecule has 1 atom stereocenters. The van der Waals surface area contributed by atoms with Crippen LogP contribution in [0.3, 0.4) is 0 Å². The van der Waals surface area contributed by atoms with Crippen molar-refractivity contribution in [2.45, 2.75) is 34.1 Å². The summed E-state index contributed by atoms with van der Waals surface area (Å²) in [5, 5.41) is 11.8. The molecule has 0 saturated carbocycles. The fourth-order valence-electron chi connectivity index (χ4n) is 1.56. The van der Waals surface area contributed by atoms with Gasteiger partial charge in [-0.2, -0.15) is 0 Å². The number of carboxylic acids is 1. The maximum atomic E-state index is 12.0. The van der Waals surface area contributed by atoms with E-state index in [2.05, 4.69) is 42.0 Å². The van der Waals surface area contributed by atoms with Gasteiger partial charge < -0.3 is 10.4 Å². The van der Waals surface area contributed by atoms with E-state index in [0.717, 1.165) is 0 Å². The summed E-state index contributed by atoms with van der Waals surface area (Å²) >= 11 is 3.17. The molecule has 0 aromatic heterocycles. The van der Waals surface area contributed by atoms with Crippen LogP contribution in [0.4, 0.5) is 5.69 Å². The van der Waals surface area contributed by atoms with E-state index in [0.29, 0.717) is 16.6 Å². The SMILES string of the molecule is CC(CC(=O)Nc1ccc(Br)c(C(=O)O)c1)C(C)(C)C. The van der Waals surface area contributed by atoms with Gasteiger partial charge in [0.15, 0.2) is 0 Å². The molecule has 20 heavy (non-hydrogen) atoms. The van der Waals surface area contributed by atoms with Crippen molar-refractivity contribution in [2.75, 3.05) is 5.32 Å².